The SMILES string of the molecule is CC1CCCCN1C(=O)CN1c2ccccc2CC1C. The normalized spacial score (nSPS) is 25.7. The Morgan fingerprint density at radius 3 is 2.80 bits per heavy atom. The molecule has 2 atom stereocenters. The number of carbonyl (C=O) groups is 1. The Balaban J connectivity index is 1.73. The van der Waals surface area contributed by atoms with Gasteiger partial charge >= 0.3 is 0 Å². The molecule has 1 aromatic carbocycles. The summed E-state index contributed by atoms with van der Waals surface area (Å²) >= 11 is 0. The third kappa shape index (κ3) is 2.41. The molecule has 2 aliphatic rings. The predicted octanol–water partition coefficient (Wildman–Crippen LogP) is 2.84. The van der Waals surface area contributed by atoms with Gasteiger partial charge < -0.3 is 9.80 Å². The molecule has 0 radical (unpaired) electrons. The largest absolute Gasteiger partial charge is 0.359 e. The monoisotopic (exact) mass is 272 g/mol. The summed E-state index contributed by atoms with van der Waals surface area (Å²) in [6, 6.07) is 9.31. The second-order valence-electron chi connectivity index (χ2n) is 6.24. The van der Waals surface area contributed by atoms with Crippen molar-refractivity contribution < 1.29 is 4.79 Å². The molecule has 108 valence electrons. The first kappa shape index (κ1) is 13.5. The third-order valence-corrected chi connectivity index (χ3v) is 4.78. The van der Waals surface area contributed by atoms with Crippen LogP contribution in [0.25, 0.3) is 0 Å². The molecule has 0 saturated carbocycles. The van der Waals surface area contributed by atoms with Gasteiger partial charge in [-0.05, 0) is 51.2 Å². The topological polar surface area (TPSA) is 23.6 Å². The number of benzene rings is 1. The van der Waals surface area contributed by atoms with Crippen molar-refractivity contribution in [3.8, 4) is 0 Å². The highest BCUT2D eigenvalue weighted by Gasteiger charge is 2.30. The van der Waals surface area contributed by atoms with Crippen LogP contribution in [-0.2, 0) is 11.2 Å². The molecule has 2 unspecified atom stereocenters. The number of anilines is 1. The van der Waals surface area contributed by atoms with Gasteiger partial charge in [0.05, 0.1) is 6.54 Å². The van der Waals surface area contributed by atoms with Gasteiger partial charge in [0.15, 0.2) is 0 Å². The van der Waals surface area contributed by atoms with Gasteiger partial charge in [0.25, 0.3) is 0 Å². The average molecular weight is 272 g/mol. The molecular formula is C17H24N2O. The molecule has 2 heterocycles. The molecule has 20 heavy (non-hydrogen) atoms. The number of hydrogen-bond donors (Lipinski definition) is 0. The minimum atomic E-state index is 0.292. The number of carbonyl (C=O) groups excluding carboxylic acids is 1. The van der Waals surface area contributed by atoms with Gasteiger partial charge in [0, 0.05) is 24.3 Å². The highest BCUT2D eigenvalue weighted by atomic mass is 16.2. The van der Waals surface area contributed by atoms with Crippen LogP contribution < -0.4 is 4.90 Å². The van der Waals surface area contributed by atoms with Gasteiger partial charge in [-0.15, -0.1) is 0 Å². The van der Waals surface area contributed by atoms with Gasteiger partial charge in [-0.3, -0.25) is 4.79 Å². The minimum Gasteiger partial charge on any atom is -0.359 e. The highest BCUT2D eigenvalue weighted by Crippen LogP contribution is 2.31. The van der Waals surface area contributed by atoms with Crippen LogP contribution in [0.15, 0.2) is 24.3 Å². The zero-order chi connectivity index (χ0) is 14.1. The first-order valence-electron chi connectivity index (χ1n) is 7.81. The van der Waals surface area contributed by atoms with Crippen LogP contribution in [-0.4, -0.2) is 36.0 Å². The maximum absolute atomic E-state index is 12.6. The van der Waals surface area contributed by atoms with E-state index in [9.17, 15) is 4.79 Å². The average Bonchev–Trinajstić information content (AvgIpc) is 2.76. The van der Waals surface area contributed by atoms with E-state index < -0.39 is 0 Å². The molecule has 1 amide bonds. The van der Waals surface area contributed by atoms with Crippen molar-refractivity contribution in [2.24, 2.45) is 0 Å². The Kier molecular flexibility index (Phi) is 3.68. The van der Waals surface area contributed by atoms with E-state index >= 15 is 0 Å². The van der Waals surface area contributed by atoms with Gasteiger partial charge in [-0.2, -0.15) is 0 Å². The third-order valence-electron chi connectivity index (χ3n) is 4.78. The number of rotatable bonds is 2. The number of nitrogens with zero attached hydrogens (tertiary/aromatic N) is 2. The summed E-state index contributed by atoms with van der Waals surface area (Å²) in [5, 5.41) is 0. The second-order valence-corrected chi connectivity index (χ2v) is 6.24. The lowest BCUT2D eigenvalue weighted by atomic mass is 10.0. The molecular weight excluding hydrogens is 248 g/mol. The molecule has 0 aliphatic carbocycles. The quantitative estimate of drug-likeness (QED) is 0.826. The lowest BCUT2D eigenvalue weighted by molar-refractivity contribution is -0.132. The number of hydrogen-bond acceptors (Lipinski definition) is 2. The Hall–Kier alpha value is -1.51. The van der Waals surface area contributed by atoms with Gasteiger partial charge in [0.1, 0.15) is 0 Å². The van der Waals surface area contributed by atoms with Crippen molar-refractivity contribution in [2.45, 2.75) is 51.6 Å². The lowest BCUT2D eigenvalue weighted by Gasteiger charge is -2.35. The summed E-state index contributed by atoms with van der Waals surface area (Å²) in [5.41, 5.74) is 2.62. The number of likely N-dealkylation sites (tertiary alicyclic amines) is 1. The molecule has 1 fully saturated rings. The Labute approximate surface area is 121 Å². The maximum atomic E-state index is 12.6. The molecule has 1 saturated heterocycles. The fourth-order valence-electron chi connectivity index (χ4n) is 3.58. The van der Waals surface area contributed by atoms with Crippen molar-refractivity contribution in [2.75, 3.05) is 18.0 Å². The maximum Gasteiger partial charge on any atom is 0.242 e. The molecule has 1 aromatic rings. The number of piperidine rings is 1. The van der Waals surface area contributed by atoms with E-state index in [0.29, 0.717) is 24.5 Å². The molecule has 0 spiro atoms. The first-order valence-corrected chi connectivity index (χ1v) is 7.81. The molecule has 0 bridgehead atoms. The van der Waals surface area contributed by atoms with E-state index in [1.807, 2.05) is 0 Å². The minimum absolute atomic E-state index is 0.292. The van der Waals surface area contributed by atoms with Crippen molar-refractivity contribution in [3.05, 3.63) is 29.8 Å². The Bertz CT molecular complexity index is 500. The van der Waals surface area contributed by atoms with E-state index in [2.05, 4.69) is 47.9 Å². The predicted molar refractivity (Wildman–Crippen MR) is 82.0 cm³/mol. The summed E-state index contributed by atoms with van der Waals surface area (Å²) in [7, 11) is 0. The van der Waals surface area contributed by atoms with Crippen molar-refractivity contribution in [3.63, 3.8) is 0 Å². The molecule has 0 aromatic heterocycles. The van der Waals surface area contributed by atoms with Gasteiger partial charge in [0.2, 0.25) is 5.91 Å². The molecule has 3 nitrogen and oxygen atoms in total. The Morgan fingerprint density at radius 1 is 1.20 bits per heavy atom. The van der Waals surface area contributed by atoms with E-state index in [-0.39, 0.29) is 0 Å². The summed E-state index contributed by atoms with van der Waals surface area (Å²) < 4.78 is 0. The van der Waals surface area contributed by atoms with Crippen LogP contribution in [0.1, 0.15) is 38.7 Å². The van der Waals surface area contributed by atoms with E-state index in [1.54, 1.807) is 0 Å². The van der Waals surface area contributed by atoms with Gasteiger partial charge in [-0.1, -0.05) is 18.2 Å². The highest BCUT2D eigenvalue weighted by molar-refractivity contribution is 5.83. The summed E-state index contributed by atoms with van der Waals surface area (Å²) in [5.74, 6) is 0.292. The van der Waals surface area contributed by atoms with Gasteiger partial charge in [-0.25, -0.2) is 0 Å². The van der Waals surface area contributed by atoms with Crippen LogP contribution in [0, 0.1) is 0 Å². The molecule has 0 N–H and O–H groups in total. The van der Waals surface area contributed by atoms with Crippen LogP contribution in [0.3, 0.4) is 0 Å². The van der Waals surface area contributed by atoms with Crippen LogP contribution in [0.2, 0.25) is 0 Å². The molecule has 3 rings (SSSR count). The zero-order valence-electron chi connectivity index (χ0n) is 12.5. The standard InChI is InChI=1S/C17H24N2O/c1-13-7-5-6-10-18(13)17(20)12-19-14(2)11-15-8-3-4-9-16(15)19/h3-4,8-9,13-14H,5-7,10-12H2,1-2H3. The second kappa shape index (κ2) is 5.47. The van der Waals surface area contributed by atoms with Crippen molar-refractivity contribution in [1.82, 2.24) is 4.90 Å². The zero-order valence-corrected chi connectivity index (χ0v) is 12.5. The van der Waals surface area contributed by atoms with Crippen LogP contribution in [0.4, 0.5) is 5.69 Å². The smallest absolute Gasteiger partial charge is 0.242 e. The fraction of sp³-hybridized carbons (Fsp3) is 0.588. The number of amides is 1. The summed E-state index contributed by atoms with van der Waals surface area (Å²) in [6.07, 6.45) is 4.62. The van der Waals surface area contributed by atoms with E-state index in [4.69, 9.17) is 0 Å². The number of para-hydroxylation sites is 1. The van der Waals surface area contributed by atoms with Crippen LogP contribution >= 0.6 is 0 Å². The summed E-state index contributed by atoms with van der Waals surface area (Å²) in [6.45, 7) is 5.86. The molecule has 2 aliphatic heterocycles. The van der Waals surface area contributed by atoms with Crippen molar-refractivity contribution >= 4 is 11.6 Å². The van der Waals surface area contributed by atoms with E-state index in [1.165, 1.54) is 17.7 Å². The fourth-order valence-corrected chi connectivity index (χ4v) is 3.58. The first-order chi connectivity index (χ1) is 9.66. The van der Waals surface area contributed by atoms with E-state index in [0.717, 1.165) is 25.8 Å². The summed E-state index contributed by atoms with van der Waals surface area (Å²) in [4.78, 5) is 17.0. The Morgan fingerprint density at radius 2 is 2.00 bits per heavy atom. The van der Waals surface area contributed by atoms with Crippen LogP contribution in [0.5, 0.6) is 0 Å². The van der Waals surface area contributed by atoms with Crippen molar-refractivity contribution in [1.29, 1.82) is 0 Å². The molecule has 3 heteroatoms. The lowest BCUT2D eigenvalue weighted by Crippen LogP contribution is -2.48. The number of fused-ring (bicyclic) bond motifs is 1.